The second-order valence-electron chi connectivity index (χ2n) is 19.6. The molecule has 0 bridgehead atoms. The molecular formula is C73H46N8. The number of benzene rings is 11. The standard InChI is InChI=1S/C73H46N8/c74-47-50-15-13-17-56(41-50)70-46-69(77-73(78-70)57-18-14-16-51(42-57)48-75)55-33-29-53(30-34-55)52-27-31-54(32-28-52)66-38-35-63(43-58(66)49-76)81-71-39-36-64(79(59-19-5-1-6-20-59)60-21-7-2-8-22-60)44-67(71)68-45-65(37-40-72(68)81)80(61-23-9-3-10-24-61)62-25-11-4-12-26-62/h1-46H. The highest BCUT2D eigenvalue weighted by Gasteiger charge is 2.21. The summed E-state index contributed by atoms with van der Waals surface area (Å²) < 4.78 is 2.28. The summed E-state index contributed by atoms with van der Waals surface area (Å²) in [5.74, 6) is 0.480. The topological polar surface area (TPSA) is 109 Å². The molecule has 0 spiro atoms. The number of hydrogen-bond acceptors (Lipinski definition) is 7. The Kier molecular flexibility index (Phi) is 12.9. The fourth-order valence-electron chi connectivity index (χ4n) is 10.8. The molecule has 0 saturated carbocycles. The van der Waals surface area contributed by atoms with Gasteiger partial charge < -0.3 is 14.4 Å². The van der Waals surface area contributed by atoms with Crippen LogP contribution in [0.3, 0.4) is 0 Å². The van der Waals surface area contributed by atoms with Crippen LogP contribution < -0.4 is 9.80 Å². The van der Waals surface area contributed by atoms with Gasteiger partial charge in [0.15, 0.2) is 5.82 Å². The first-order chi connectivity index (χ1) is 40.0. The van der Waals surface area contributed by atoms with E-state index in [0.29, 0.717) is 33.9 Å². The average molecular weight is 1040 g/mol. The van der Waals surface area contributed by atoms with Gasteiger partial charge in [-0.1, -0.05) is 152 Å². The number of nitriles is 3. The number of rotatable bonds is 12. The number of nitrogens with zero attached hydrogens (tertiary/aromatic N) is 8. The largest absolute Gasteiger partial charge is 0.310 e. The van der Waals surface area contributed by atoms with Crippen LogP contribution in [-0.4, -0.2) is 14.5 Å². The van der Waals surface area contributed by atoms with E-state index in [-0.39, 0.29) is 0 Å². The molecule has 8 nitrogen and oxygen atoms in total. The molecule has 0 aliphatic carbocycles. The van der Waals surface area contributed by atoms with Gasteiger partial charge in [0.1, 0.15) is 0 Å². The molecule has 2 heterocycles. The first kappa shape index (κ1) is 49.0. The van der Waals surface area contributed by atoms with Crippen LogP contribution in [0.25, 0.3) is 83.6 Å². The van der Waals surface area contributed by atoms with Crippen LogP contribution >= 0.6 is 0 Å². The molecule has 0 amide bonds. The molecule has 0 saturated heterocycles. The van der Waals surface area contributed by atoms with Crippen molar-refractivity contribution in [1.29, 1.82) is 15.8 Å². The number of aromatic nitrogens is 3. The van der Waals surface area contributed by atoms with Crippen molar-refractivity contribution < 1.29 is 0 Å². The molecule has 0 aliphatic rings. The van der Waals surface area contributed by atoms with E-state index in [2.05, 4.69) is 215 Å². The predicted octanol–water partition coefficient (Wildman–Crippen LogP) is 18.5. The van der Waals surface area contributed by atoms with Gasteiger partial charge in [0.25, 0.3) is 0 Å². The van der Waals surface area contributed by atoms with Gasteiger partial charge in [-0.3, -0.25) is 0 Å². The maximum absolute atomic E-state index is 10.9. The molecule has 81 heavy (non-hydrogen) atoms. The summed E-state index contributed by atoms with van der Waals surface area (Å²) in [5.41, 5.74) is 18.4. The van der Waals surface area contributed by atoms with Crippen molar-refractivity contribution in [2.75, 3.05) is 9.80 Å². The number of para-hydroxylation sites is 4. The van der Waals surface area contributed by atoms with Crippen molar-refractivity contribution in [3.8, 4) is 80.1 Å². The van der Waals surface area contributed by atoms with Gasteiger partial charge in [-0.2, -0.15) is 15.8 Å². The van der Waals surface area contributed by atoms with E-state index in [4.69, 9.17) is 9.97 Å². The average Bonchev–Trinajstić information content (AvgIpc) is 4.14. The summed E-state index contributed by atoms with van der Waals surface area (Å²) in [4.78, 5) is 14.5. The zero-order chi connectivity index (χ0) is 54.7. The minimum absolute atomic E-state index is 0.480. The Balaban J connectivity index is 0.863. The minimum Gasteiger partial charge on any atom is -0.310 e. The van der Waals surface area contributed by atoms with Crippen molar-refractivity contribution in [1.82, 2.24) is 14.5 Å². The van der Waals surface area contributed by atoms with Gasteiger partial charge in [0, 0.05) is 67.3 Å². The molecule has 13 rings (SSSR count). The number of anilines is 6. The van der Waals surface area contributed by atoms with Gasteiger partial charge in [-0.15, -0.1) is 0 Å². The Labute approximate surface area is 469 Å². The van der Waals surface area contributed by atoms with Crippen molar-refractivity contribution >= 4 is 55.9 Å². The van der Waals surface area contributed by atoms with Crippen LogP contribution in [0.15, 0.2) is 279 Å². The summed E-state index contributed by atoms with van der Waals surface area (Å²) in [6.07, 6.45) is 0. The van der Waals surface area contributed by atoms with Gasteiger partial charge in [-0.25, -0.2) is 9.97 Å². The van der Waals surface area contributed by atoms with Gasteiger partial charge >= 0.3 is 0 Å². The quantitative estimate of drug-likeness (QED) is 0.120. The lowest BCUT2D eigenvalue weighted by atomic mass is 9.96. The number of fused-ring (bicyclic) bond motifs is 3. The normalized spacial score (nSPS) is 10.9. The zero-order valence-electron chi connectivity index (χ0n) is 43.6. The summed E-state index contributed by atoms with van der Waals surface area (Å²) in [6, 6.07) is 102. The van der Waals surface area contributed by atoms with Crippen LogP contribution in [-0.2, 0) is 0 Å². The molecule has 0 atom stereocenters. The van der Waals surface area contributed by atoms with Crippen LogP contribution in [0.4, 0.5) is 34.1 Å². The first-order valence-corrected chi connectivity index (χ1v) is 26.5. The number of hydrogen-bond donors (Lipinski definition) is 0. The molecule has 0 aliphatic heterocycles. The second-order valence-corrected chi connectivity index (χ2v) is 19.6. The minimum atomic E-state index is 0.480. The van der Waals surface area contributed by atoms with E-state index in [1.54, 1.807) is 18.2 Å². The van der Waals surface area contributed by atoms with Crippen LogP contribution in [0.5, 0.6) is 0 Å². The molecular weight excluding hydrogens is 989 g/mol. The highest BCUT2D eigenvalue weighted by Crippen LogP contribution is 2.43. The third-order valence-electron chi connectivity index (χ3n) is 14.7. The van der Waals surface area contributed by atoms with Crippen LogP contribution in [0.2, 0.25) is 0 Å². The Bertz CT molecular complexity index is 4300. The molecule has 0 radical (unpaired) electrons. The third-order valence-corrected chi connectivity index (χ3v) is 14.7. The van der Waals surface area contributed by atoms with Crippen molar-refractivity contribution in [2.24, 2.45) is 0 Å². The Hall–Kier alpha value is -11.6. The molecule has 0 unspecified atom stereocenters. The summed E-state index contributed by atoms with van der Waals surface area (Å²) in [6.45, 7) is 0. The van der Waals surface area contributed by atoms with Gasteiger partial charge in [0.05, 0.1) is 57.3 Å². The molecule has 0 N–H and O–H groups in total. The van der Waals surface area contributed by atoms with Crippen molar-refractivity contribution in [2.45, 2.75) is 0 Å². The molecule has 2 aromatic heterocycles. The van der Waals surface area contributed by atoms with E-state index in [0.717, 1.165) is 101 Å². The lowest BCUT2D eigenvalue weighted by Gasteiger charge is -2.26. The lowest BCUT2D eigenvalue weighted by Crippen LogP contribution is -2.09. The monoisotopic (exact) mass is 1030 g/mol. The smallest absolute Gasteiger partial charge is 0.160 e. The molecule has 11 aromatic carbocycles. The SMILES string of the molecule is N#Cc1cccc(-c2cc(-c3ccc(-c4ccc(-c5ccc(-n6c7ccc(N(c8ccccc8)c8ccccc8)cc7c7cc(N(c8ccccc8)c8ccccc8)ccc76)cc5C#N)cc4)cc3)nc(-c3cccc(C#N)c3)n2)c1. The molecule has 0 fully saturated rings. The van der Waals surface area contributed by atoms with Crippen LogP contribution in [0.1, 0.15) is 16.7 Å². The van der Waals surface area contributed by atoms with E-state index in [1.165, 1.54) is 0 Å². The molecule has 378 valence electrons. The fourth-order valence-corrected chi connectivity index (χ4v) is 10.8. The fraction of sp³-hybridized carbons (Fsp3) is 0. The molecule has 13 aromatic rings. The first-order valence-electron chi connectivity index (χ1n) is 26.5. The Morgan fingerprint density at radius 1 is 0.309 bits per heavy atom. The maximum Gasteiger partial charge on any atom is 0.160 e. The highest BCUT2D eigenvalue weighted by molar-refractivity contribution is 6.12. The van der Waals surface area contributed by atoms with E-state index in [9.17, 15) is 15.8 Å². The summed E-state index contributed by atoms with van der Waals surface area (Å²) in [7, 11) is 0. The van der Waals surface area contributed by atoms with Crippen molar-refractivity contribution in [3.05, 3.63) is 296 Å². The lowest BCUT2D eigenvalue weighted by molar-refractivity contribution is 1.17. The summed E-state index contributed by atoms with van der Waals surface area (Å²) >= 11 is 0. The Morgan fingerprint density at radius 3 is 1.21 bits per heavy atom. The van der Waals surface area contributed by atoms with Gasteiger partial charge in [-0.05, 0) is 150 Å². The van der Waals surface area contributed by atoms with E-state index >= 15 is 0 Å². The Morgan fingerprint density at radius 2 is 0.741 bits per heavy atom. The summed E-state index contributed by atoms with van der Waals surface area (Å²) in [5, 5.41) is 32.4. The van der Waals surface area contributed by atoms with E-state index < -0.39 is 0 Å². The second kappa shape index (κ2) is 21.4. The van der Waals surface area contributed by atoms with E-state index in [1.807, 2.05) is 78.9 Å². The highest BCUT2D eigenvalue weighted by atomic mass is 15.1. The predicted molar refractivity (Wildman–Crippen MR) is 327 cm³/mol. The van der Waals surface area contributed by atoms with Crippen LogP contribution in [0, 0.1) is 34.0 Å². The third kappa shape index (κ3) is 9.57. The van der Waals surface area contributed by atoms with Crippen molar-refractivity contribution in [3.63, 3.8) is 0 Å². The van der Waals surface area contributed by atoms with Gasteiger partial charge in [0.2, 0.25) is 0 Å². The molecule has 8 heteroatoms. The maximum atomic E-state index is 10.9. The zero-order valence-corrected chi connectivity index (χ0v) is 43.6.